The number of nitrogens with one attached hydrogen (secondary N) is 1. The van der Waals surface area contributed by atoms with E-state index in [0.29, 0.717) is 5.82 Å². The van der Waals surface area contributed by atoms with Crippen molar-refractivity contribution < 1.29 is 9.59 Å². The van der Waals surface area contributed by atoms with Gasteiger partial charge in [0.25, 0.3) is 0 Å². The molecule has 21 heavy (non-hydrogen) atoms. The largest absolute Gasteiger partial charge is 0.347 e. The molecule has 112 valence electrons. The van der Waals surface area contributed by atoms with Crippen LogP contribution in [0.15, 0.2) is 47.9 Å². The Morgan fingerprint density at radius 2 is 2.29 bits per heavy atom. The van der Waals surface area contributed by atoms with E-state index in [1.54, 1.807) is 6.08 Å². The van der Waals surface area contributed by atoms with E-state index in [1.165, 1.54) is 12.2 Å². The highest BCUT2D eigenvalue weighted by molar-refractivity contribution is 5.99. The molecule has 0 spiro atoms. The summed E-state index contributed by atoms with van der Waals surface area (Å²) in [5.74, 6) is 0.528. The predicted molar refractivity (Wildman–Crippen MR) is 83.3 cm³/mol. The average Bonchev–Trinajstić information content (AvgIpc) is 2.60. The Labute approximate surface area is 125 Å². The number of hydrogen-bond donors (Lipinski definition) is 1. The molecular weight excluding hydrogens is 264 g/mol. The minimum absolute atomic E-state index is 0.0328. The molecule has 0 saturated carbocycles. The number of carbonyl (C=O) groups excluding carboxylic acids is 2. The lowest BCUT2D eigenvalue weighted by Gasteiger charge is -2.37. The number of carbonyl (C=O) groups is 2. The molecule has 2 rings (SSSR count). The van der Waals surface area contributed by atoms with Crippen LogP contribution >= 0.6 is 0 Å². The first-order valence-corrected chi connectivity index (χ1v) is 7.46. The number of allylic oxidation sites excluding steroid dienone is 5. The maximum Gasteiger partial charge on any atom is 0.249 e. The second kappa shape index (κ2) is 7.07. The minimum atomic E-state index is -0.202. The number of rotatable bonds is 6. The fraction of sp³-hybridized carbons (Fsp3) is 0.412. The smallest absolute Gasteiger partial charge is 0.249 e. The average molecular weight is 286 g/mol. The molecule has 0 bridgehead atoms. The van der Waals surface area contributed by atoms with E-state index < -0.39 is 0 Å². The zero-order chi connectivity index (χ0) is 15.2. The summed E-state index contributed by atoms with van der Waals surface area (Å²) in [7, 11) is 0. The third kappa shape index (κ3) is 3.94. The molecule has 0 aromatic rings. The fourth-order valence-electron chi connectivity index (χ4n) is 2.31. The van der Waals surface area contributed by atoms with Gasteiger partial charge in [-0.3, -0.25) is 9.59 Å². The number of ketones is 1. The number of nitrogens with zero attached hydrogens (tertiary/aromatic N) is 1. The van der Waals surface area contributed by atoms with Crippen LogP contribution in [0.25, 0.3) is 0 Å². The standard InChI is InChI=1S/C17H22N2O2/c1-3-4-5-6-7-13(2)8-9-17(21)18-16-12-15(20)14-10-11-19(14)16/h5-9,12,14H,3-4,10-11H2,1-2H3,(H,18,21)/b6-5+,9-8+,13-7+/t14-/m0/s1. The maximum absolute atomic E-state index is 11.8. The van der Waals surface area contributed by atoms with E-state index in [9.17, 15) is 9.59 Å². The summed E-state index contributed by atoms with van der Waals surface area (Å²) < 4.78 is 0. The van der Waals surface area contributed by atoms with Crippen molar-refractivity contribution in [2.24, 2.45) is 0 Å². The van der Waals surface area contributed by atoms with E-state index in [-0.39, 0.29) is 17.7 Å². The van der Waals surface area contributed by atoms with Gasteiger partial charge in [-0.2, -0.15) is 0 Å². The summed E-state index contributed by atoms with van der Waals surface area (Å²) in [6.07, 6.45) is 14.0. The van der Waals surface area contributed by atoms with Crippen LogP contribution in [0.2, 0.25) is 0 Å². The Balaban J connectivity index is 1.83. The number of hydrogen-bond acceptors (Lipinski definition) is 3. The molecule has 2 aliphatic heterocycles. The van der Waals surface area contributed by atoms with Crippen LogP contribution in [-0.2, 0) is 9.59 Å². The van der Waals surface area contributed by atoms with Gasteiger partial charge in [0.1, 0.15) is 5.82 Å². The Bertz CT molecular complexity index is 541. The van der Waals surface area contributed by atoms with Crippen LogP contribution in [-0.4, -0.2) is 29.2 Å². The molecule has 0 unspecified atom stereocenters. The quantitative estimate of drug-likeness (QED) is 0.603. The lowest BCUT2D eigenvalue weighted by molar-refractivity contribution is -0.121. The number of amides is 1. The van der Waals surface area contributed by atoms with Crippen molar-refractivity contribution in [3.05, 3.63) is 47.9 Å². The third-order valence-corrected chi connectivity index (χ3v) is 3.64. The van der Waals surface area contributed by atoms with Gasteiger partial charge in [0.2, 0.25) is 5.91 Å². The molecular formula is C17H22N2O2. The van der Waals surface area contributed by atoms with Crippen molar-refractivity contribution in [1.29, 1.82) is 0 Å². The van der Waals surface area contributed by atoms with Crippen molar-refractivity contribution in [3.8, 4) is 0 Å². The molecule has 4 nitrogen and oxygen atoms in total. The molecule has 2 aliphatic rings. The van der Waals surface area contributed by atoms with Crippen LogP contribution < -0.4 is 5.32 Å². The topological polar surface area (TPSA) is 49.4 Å². The molecule has 1 atom stereocenters. The first-order valence-electron chi connectivity index (χ1n) is 7.46. The molecule has 1 fully saturated rings. The van der Waals surface area contributed by atoms with Crippen LogP contribution in [0.3, 0.4) is 0 Å². The summed E-state index contributed by atoms with van der Waals surface area (Å²) in [6.45, 7) is 4.92. The van der Waals surface area contributed by atoms with Crippen molar-refractivity contribution in [1.82, 2.24) is 10.2 Å². The van der Waals surface area contributed by atoms with Crippen molar-refractivity contribution >= 4 is 11.7 Å². The summed E-state index contributed by atoms with van der Waals surface area (Å²) in [5, 5.41) is 2.77. The van der Waals surface area contributed by atoms with Gasteiger partial charge in [0.05, 0.1) is 6.04 Å². The summed E-state index contributed by atoms with van der Waals surface area (Å²) in [5.41, 5.74) is 1.01. The van der Waals surface area contributed by atoms with Crippen LogP contribution in [0.4, 0.5) is 0 Å². The molecule has 4 heteroatoms. The highest BCUT2D eigenvalue weighted by Gasteiger charge is 2.40. The van der Waals surface area contributed by atoms with Crippen LogP contribution in [0.5, 0.6) is 0 Å². The van der Waals surface area contributed by atoms with E-state index in [1.807, 2.05) is 24.0 Å². The second-order valence-electron chi connectivity index (χ2n) is 5.38. The summed E-state index contributed by atoms with van der Waals surface area (Å²) in [4.78, 5) is 25.3. The first kappa shape index (κ1) is 15.3. The van der Waals surface area contributed by atoms with Crippen LogP contribution in [0.1, 0.15) is 33.1 Å². The Morgan fingerprint density at radius 1 is 1.48 bits per heavy atom. The Hall–Kier alpha value is -2.10. The molecule has 1 amide bonds. The third-order valence-electron chi connectivity index (χ3n) is 3.64. The van der Waals surface area contributed by atoms with E-state index in [2.05, 4.69) is 18.3 Å². The summed E-state index contributed by atoms with van der Waals surface area (Å²) in [6, 6.07) is -0.0328. The lowest BCUT2D eigenvalue weighted by Crippen LogP contribution is -2.49. The molecule has 1 N–H and O–H groups in total. The normalized spacial score (nSPS) is 21.7. The Morgan fingerprint density at radius 3 is 2.90 bits per heavy atom. The van der Waals surface area contributed by atoms with Crippen molar-refractivity contribution in [3.63, 3.8) is 0 Å². The van der Waals surface area contributed by atoms with Crippen molar-refractivity contribution in [2.45, 2.75) is 39.2 Å². The minimum Gasteiger partial charge on any atom is -0.347 e. The monoisotopic (exact) mass is 286 g/mol. The zero-order valence-electron chi connectivity index (χ0n) is 12.6. The van der Waals surface area contributed by atoms with Gasteiger partial charge in [-0.1, -0.05) is 43.2 Å². The van der Waals surface area contributed by atoms with Gasteiger partial charge in [-0.05, 0) is 19.8 Å². The summed E-state index contributed by atoms with van der Waals surface area (Å²) >= 11 is 0. The maximum atomic E-state index is 11.8. The molecule has 2 heterocycles. The second-order valence-corrected chi connectivity index (χ2v) is 5.38. The molecule has 0 aromatic heterocycles. The molecule has 0 radical (unpaired) electrons. The number of unbranched alkanes of at least 4 members (excludes halogenated alkanes) is 1. The molecule has 1 saturated heterocycles. The predicted octanol–water partition coefficient (Wildman–Crippen LogP) is 2.46. The first-order chi connectivity index (χ1) is 10.1. The Kier molecular flexibility index (Phi) is 5.14. The lowest BCUT2D eigenvalue weighted by atomic mass is 10.0. The van der Waals surface area contributed by atoms with E-state index in [0.717, 1.165) is 31.4 Å². The van der Waals surface area contributed by atoms with Gasteiger partial charge < -0.3 is 10.2 Å². The fourth-order valence-corrected chi connectivity index (χ4v) is 2.31. The van der Waals surface area contributed by atoms with Gasteiger partial charge >= 0.3 is 0 Å². The zero-order valence-corrected chi connectivity index (χ0v) is 12.6. The van der Waals surface area contributed by atoms with Gasteiger partial charge in [0.15, 0.2) is 5.78 Å². The van der Waals surface area contributed by atoms with Crippen LogP contribution in [0, 0.1) is 0 Å². The van der Waals surface area contributed by atoms with Gasteiger partial charge in [-0.25, -0.2) is 0 Å². The molecule has 0 aromatic carbocycles. The van der Waals surface area contributed by atoms with E-state index in [4.69, 9.17) is 0 Å². The van der Waals surface area contributed by atoms with Gasteiger partial charge in [-0.15, -0.1) is 0 Å². The van der Waals surface area contributed by atoms with Gasteiger partial charge in [0, 0.05) is 18.7 Å². The SMILES string of the molecule is CCC/C=C/C=C(C)/C=C/C(=O)NC1=CC(=O)[C@@H]2CCN12. The highest BCUT2D eigenvalue weighted by atomic mass is 16.2. The molecule has 0 aliphatic carbocycles. The number of fused-ring (bicyclic) bond motifs is 1. The highest BCUT2D eigenvalue weighted by Crippen LogP contribution is 2.28. The van der Waals surface area contributed by atoms with Crippen molar-refractivity contribution in [2.75, 3.05) is 6.54 Å². The van der Waals surface area contributed by atoms with E-state index >= 15 is 0 Å².